The lowest BCUT2D eigenvalue weighted by Crippen LogP contribution is -2.19. The number of hydrogen-bond donors (Lipinski definition) is 3. The molecule has 0 spiro atoms. The van der Waals surface area contributed by atoms with Gasteiger partial charge in [-0.15, -0.1) is 0 Å². The molecule has 1 saturated carbocycles. The van der Waals surface area contributed by atoms with Crippen molar-refractivity contribution in [1.82, 2.24) is 0 Å². The van der Waals surface area contributed by atoms with Crippen molar-refractivity contribution in [2.45, 2.75) is 89.8 Å². The Morgan fingerprint density at radius 2 is 1.92 bits per heavy atom. The summed E-state index contributed by atoms with van der Waals surface area (Å²) in [6, 6.07) is 0. The number of unbranched alkanes of at least 4 members (excludes halogenated alkanes) is 5. The summed E-state index contributed by atoms with van der Waals surface area (Å²) in [7, 11) is 0. The molecule has 5 nitrogen and oxygen atoms in total. The van der Waals surface area contributed by atoms with E-state index < -0.39 is 18.2 Å². The van der Waals surface area contributed by atoms with Crippen LogP contribution < -0.4 is 0 Å². The van der Waals surface area contributed by atoms with E-state index in [-0.39, 0.29) is 30.5 Å². The van der Waals surface area contributed by atoms with Gasteiger partial charge in [0.25, 0.3) is 0 Å². The van der Waals surface area contributed by atoms with Crippen molar-refractivity contribution in [2.24, 2.45) is 11.8 Å². The molecule has 0 bridgehead atoms. The minimum Gasteiger partial charge on any atom is -0.481 e. The lowest BCUT2D eigenvalue weighted by atomic mass is 9.88. The first kappa shape index (κ1) is 21.8. The number of allylic oxidation sites excluding steroid dienone is 1. The molecule has 1 unspecified atom stereocenters. The van der Waals surface area contributed by atoms with Gasteiger partial charge < -0.3 is 15.3 Å². The highest BCUT2D eigenvalue weighted by molar-refractivity contribution is 5.85. The number of aliphatic hydroxyl groups excluding tert-OH is 2. The molecule has 144 valence electrons. The Kier molecular flexibility index (Phi) is 10.7. The van der Waals surface area contributed by atoms with Crippen LogP contribution in [0.15, 0.2) is 12.2 Å². The largest absolute Gasteiger partial charge is 0.481 e. The van der Waals surface area contributed by atoms with Gasteiger partial charge in [-0.2, -0.15) is 0 Å². The number of carbonyl (C=O) groups is 2. The number of Topliss-reactive ketones (excluding diaryl/α,β-unsaturated/α-hetero) is 1. The van der Waals surface area contributed by atoms with E-state index in [9.17, 15) is 19.8 Å². The van der Waals surface area contributed by atoms with E-state index in [2.05, 4.69) is 6.92 Å². The third-order valence-electron chi connectivity index (χ3n) is 5.06. The third kappa shape index (κ3) is 8.63. The number of hydrogen-bond acceptors (Lipinski definition) is 4. The fourth-order valence-corrected chi connectivity index (χ4v) is 3.55. The van der Waals surface area contributed by atoms with Crippen LogP contribution in [0.1, 0.15) is 77.6 Å². The predicted octanol–water partition coefficient (Wildman–Crippen LogP) is 3.48. The quantitative estimate of drug-likeness (QED) is 0.348. The van der Waals surface area contributed by atoms with Gasteiger partial charge in [0, 0.05) is 18.8 Å². The van der Waals surface area contributed by atoms with Crippen molar-refractivity contribution in [2.75, 3.05) is 0 Å². The van der Waals surface area contributed by atoms with E-state index >= 15 is 0 Å². The van der Waals surface area contributed by atoms with Crippen LogP contribution in [0.4, 0.5) is 0 Å². The van der Waals surface area contributed by atoms with Crippen molar-refractivity contribution in [3.8, 4) is 0 Å². The molecule has 0 radical (unpaired) electrons. The average molecular weight is 354 g/mol. The number of aliphatic hydroxyl groups is 2. The normalized spacial score (nSPS) is 24.9. The Bertz CT molecular complexity index is 432. The summed E-state index contributed by atoms with van der Waals surface area (Å²) in [5.74, 6) is -1.08. The van der Waals surface area contributed by atoms with Gasteiger partial charge in [0.15, 0.2) is 0 Å². The Labute approximate surface area is 151 Å². The smallest absolute Gasteiger partial charge is 0.303 e. The van der Waals surface area contributed by atoms with Gasteiger partial charge in [0.2, 0.25) is 0 Å². The summed E-state index contributed by atoms with van der Waals surface area (Å²) in [5.41, 5.74) is 0. The van der Waals surface area contributed by atoms with Crippen molar-refractivity contribution < 1.29 is 24.9 Å². The summed E-state index contributed by atoms with van der Waals surface area (Å²) >= 11 is 0. The standard InChI is InChI=1S/C20H34O5/c1-2-3-6-9-15(21)12-13-17-16(18(22)14-19(17)23)10-7-4-5-8-11-20(24)25/h12-13,15-18,21-22H,2-11,14H2,1H3,(H,24,25)/b13-12+/t15-,16?,17+,18-/m0/s1. The molecule has 0 aromatic rings. The first-order chi connectivity index (χ1) is 12.0. The van der Waals surface area contributed by atoms with Crippen LogP contribution in [0.3, 0.4) is 0 Å². The molecule has 4 atom stereocenters. The predicted molar refractivity (Wildman–Crippen MR) is 97.2 cm³/mol. The van der Waals surface area contributed by atoms with Gasteiger partial charge in [-0.3, -0.25) is 9.59 Å². The second kappa shape index (κ2) is 12.2. The molecule has 1 rings (SSSR count). The number of carboxylic acid groups (broad SMARTS) is 1. The van der Waals surface area contributed by atoms with E-state index in [0.717, 1.165) is 44.9 Å². The molecule has 0 aromatic carbocycles. The molecule has 0 saturated heterocycles. The monoisotopic (exact) mass is 354 g/mol. The Hall–Kier alpha value is -1.20. The zero-order valence-electron chi connectivity index (χ0n) is 15.4. The highest BCUT2D eigenvalue weighted by Gasteiger charge is 2.39. The highest BCUT2D eigenvalue weighted by Crippen LogP contribution is 2.34. The Balaban J connectivity index is 2.39. The van der Waals surface area contributed by atoms with Crippen molar-refractivity contribution in [3.63, 3.8) is 0 Å². The van der Waals surface area contributed by atoms with Crippen LogP contribution in [0, 0.1) is 11.8 Å². The first-order valence-electron chi connectivity index (χ1n) is 9.74. The first-order valence-corrected chi connectivity index (χ1v) is 9.74. The highest BCUT2D eigenvalue weighted by atomic mass is 16.4. The molecular weight excluding hydrogens is 320 g/mol. The maximum Gasteiger partial charge on any atom is 0.303 e. The molecule has 0 amide bonds. The zero-order valence-corrected chi connectivity index (χ0v) is 15.4. The maximum absolute atomic E-state index is 12.1. The van der Waals surface area contributed by atoms with Gasteiger partial charge in [-0.1, -0.05) is 57.6 Å². The van der Waals surface area contributed by atoms with Crippen LogP contribution in [0.5, 0.6) is 0 Å². The lowest BCUT2D eigenvalue weighted by Gasteiger charge is -2.18. The molecule has 5 heteroatoms. The molecule has 25 heavy (non-hydrogen) atoms. The SMILES string of the molecule is CCCCC[C@H](O)/C=C/[C@H]1C(=O)C[C@H](O)C1CCCCCCC(=O)O. The van der Waals surface area contributed by atoms with Gasteiger partial charge in [-0.05, 0) is 25.2 Å². The van der Waals surface area contributed by atoms with E-state index in [1.54, 1.807) is 12.2 Å². The Morgan fingerprint density at radius 3 is 2.60 bits per heavy atom. The fraction of sp³-hybridized carbons (Fsp3) is 0.800. The zero-order chi connectivity index (χ0) is 18.7. The van der Waals surface area contributed by atoms with Crippen LogP contribution in [0.2, 0.25) is 0 Å². The van der Waals surface area contributed by atoms with Crippen LogP contribution in [-0.4, -0.2) is 39.3 Å². The van der Waals surface area contributed by atoms with Gasteiger partial charge in [0.1, 0.15) is 5.78 Å². The fourth-order valence-electron chi connectivity index (χ4n) is 3.55. The average Bonchev–Trinajstić information content (AvgIpc) is 2.82. The van der Waals surface area contributed by atoms with Crippen molar-refractivity contribution in [1.29, 1.82) is 0 Å². The second-order valence-electron chi connectivity index (χ2n) is 7.22. The molecule has 3 N–H and O–H groups in total. The molecule has 0 heterocycles. The van der Waals surface area contributed by atoms with E-state index in [1.807, 2.05) is 0 Å². The number of rotatable bonds is 13. The summed E-state index contributed by atoms with van der Waals surface area (Å²) in [6.07, 6.45) is 10.8. The van der Waals surface area contributed by atoms with Gasteiger partial charge in [-0.25, -0.2) is 0 Å². The molecule has 1 aliphatic carbocycles. The van der Waals surface area contributed by atoms with E-state index in [0.29, 0.717) is 12.8 Å². The maximum atomic E-state index is 12.1. The lowest BCUT2D eigenvalue weighted by molar-refractivity contribution is -0.137. The van der Waals surface area contributed by atoms with Crippen LogP contribution in [0.25, 0.3) is 0 Å². The van der Waals surface area contributed by atoms with Gasteiger partial charge in [0.05, 0.1) is 12.2 Å². The number of aliphatic carboxylic acids is 1. The molecular formula is C20H34O5. The number of ketones is 1. The van der Waals surface area contributed by atoms with Crippen molar-refractivity contribution in [3.05, 3.63) is 12.2 Å². The summed E-state index contributed by atoms with van der Waals surface area (Å²) in [6.45, 7) is 2.12. The van der Waals surface area contributed by atoms with E-state index in [4.69, 9.17) is 5.11 Å². The minimum absolute atomic E-state index is 0.0559. The summed E-state index contributed by atoms with van der Waals surface area (Å²) in [5, 5.41) is 28.7. The van der Waals surface area contributed by atoms with Crippen LogP contribution >= 0.6 is 0 Å². The number of carboxylic acids is 1. The summed E-state index contributed by atoms with van der Waals surface area (Å²) < 4.78 is 0. The summed E-state index contributed by atoms with van der Waals surface area (Å²) in [4.78, 5) is 22.6. The topological polar surface area (TPSA) is 94.8 Å². The van der Waals surface area contributed by atoms with E-state index in [1.165, 1.54) is 0 Å². The Morgan fingerprint density at radius 1 is 1.20 bits per heavy atom. The molecule has 0 aliphatic heterocycles. The number of carbonyl (C=O) groups excluding carboxylic acids is 1. The molecule has 1 aliphatic rings. The molecule has 0 aromatic heterocycles. The second-order valence-corrected chi connectivity index (χ2v) is 7.22. The molecule has 1 fully saturated rings. The third-order valence-corrected chi connectivity index (χ3v) is 5.06. The van der Waals surface area contributed by atoms with Crippen LogP contribution in [-0.2, 0) is 9.59 Å². The minimum atomic E-state index is -0.764. The van der Waals surface area contributed by atoms with Crippen molar-refractivity contribution >= 4 is 11.8 Å². The van der Waals surface area contributed by atoms with Gasteiger partial charge >= 0.3 is 5.97 Å².